The number of rotatable bonds is 9. The Labute approximate surface area is 219 Å². The van der Waals surface area contributed by atoms with E-state index in [2.05, 4.69) is 10.3 Å². The molecule has 10 heteroatoms. The van der Waals surface area contributed by atoms with Gasteiger partial charge in [-0.05, 0) is 55.5 Å². The summed E-state index contributed by atoms with van der Waals surface area (Å²) >= 11 is 5.94. The predicted molar refractivity (Wildman–Crippen MR) is 136 cm³/mol. The molecule has 0 bridgehead atoms. The van der Waals surface area contributed by atoms with Crippen molar-refractivity contribution in [2.45, 2.75) is 37.6 Å². The largest absolute Gasteiger partial charge is 0.494 e. The number of aliphatic hydroxyl groups excluding tert-OH is 1. The molecule has 3 aromatic rings. The average molecular weight is 531 g/mol. The summed E-state index contributed by atoms with van der Waals surface area (Å²) in [4.78, 5) is 17.4. The molecule has 1 saturated carbocycles. The number of nitrogens with one attached hydrogen (secondary N) is 1. The van der Waals surface area contributed by atoms with E-state index in [1.54, 1.807) is 30.3 Å². The second kappa shape index (κ2) is 10.9. The van der Waals surface area contributed by atoms with Crippen LogP contribution in [0.2, 0.25) is 5.02 Å². The van der Waals surface area contributed by atoms with Gasteiger partial charge in [0.25, 0.3) is 5.91 Å². The van der Waals surface area contributed by atoms with Crippen LogP contribution in [0.1, 0.15) is 35.8 Å². The third-order valence-electron chi connectivity index (χ3n) is 6.21. The van der Waals surface area contributed by atoms with E-state index in [1.165, 1.54) is 39.3 Å². The summed E-state index contributed by atoms with van der Waals surface area (Å²) in [6, 6.07) is 12.2. The highest BCUT2D eigenvalue weighted by atomic mass is 35.5. The molecule has 1 heterocycles. The molecule has 0 saturated heterocycles. The van der Waals surface area contributed by atoms with Crippen LogP contribution in [0.3, 0.4) is 0 Å². The first-order valence-electron chi connectivity index (χ1n) is 11.7. The van der Waals surface area contributed by atoms with Crippen LogP contribution in [-0.4, -0.2) is 54.1 Å². The van der Waals surface area contributed by atoms with Crippen LogP contribution in [0.25, 0.3) is 11.3 Å². The highest BCUT2D eigenvalue weighted by molar-refractivity contribution is 6.31. The Hall–Kier alpha value is -3.40. The van der Waals surface area contributed by atoms with E-state index in [1.807, 2.05) is 0 Å². The van der Waals surface area contributed by atoms with Gasteiger partial charge < -0.3 is 29.7 Å². The smallest absolute Gasteiger partial charge is 0.251 e. The van der Waals surface area contributed by atoms with Gasteiger partial charge in [-0.2, -0.15) is 0 Å². The zero-order valence-electron chi connectivity index (χ0n) is 20.6. The number of aromatic nitrogens is 1. The van der Waals surface area contributed by atoms with Crippen LogP contribution in [0.15, 0.2) is 48.5 Å². The SMILES string of the molecule is COc1cc(C(=O)NCC(C)(O)c2ccc(OC)c(-c3ccc(F)c(Cl)c3)n2)ccc1OC1CC(O)C1. The number of hydrogen-bond acceptors (Lipinski definition) is 7. The van der Waals surface area contributed by atoms with Crippen LogP contribution in [0, 0.1) is 5.82 Å². The highest BCUT2D eigenvalue weighted by Crippen LogP contribution is 2.34. The Morgan fingerprint density at radius 2 is 1.81 bits per heavy atom. The Morgan fingerprint density at radius 3 is 2.46 bits per heavy atom. The Kier molecular flexibility index (Phi) is 7.87. The van der Waals surface area contributed by atoms with Crippen LogP contribution >= 0.6 is 11.6 Å². The van der Waals surface area contributed by atoms with Gasteiger partial charge in [-0.1, -0.05) is 11.6 Å². The minimum Gasteiger partial charge on any atom is -0.494 e. The molecule has 1 fully saturated rings. The third-order valence-corrected chi connectivity index (χ3v) is 6.50. The van der Waals surface area contributed by atoms with Gasteiger partial charge in [0.1, 0.15) is 29.0 Å². The van der Waals surface area contributed by atoms with E-state index in [0.717, 1.165) is 0 Å². The molecule has 1 aliphatic carbocycles. The van der Waals surface area contributed by atoms with E-state index in [4.69, 9.17) is 25.8 Å². The maximum atomic E-state index is 13.7. The van der Waals surface area contributed by atoms with Crippen LogP contribution in [-0.2, 0) is 5.60 Å². The highest BCUT2D eigenvalue weighted by Gasteiger charge is 2.30. The van der Waals surface area contributed by atoms with Crippen molar-refractivity contribution in [1.82, 2.24) is 10.3 Å². The zero-order chi connectivity index (χ0) is 26.7. The normalized spacial score (nSPS) is 18.4. The summed E-state index contributed by atoms with van der Waals surface area (Å²) in [5.41, 5.74) is -0.0757. The number of methoxy groups -OCH3 is 2. The van der Waals surface area contributed by atoms with Crippen molar-refractivity contribution in [3.8, 4) is 28.5 Å². The molecule has 1 unspecified atom stereocenters. The maximum absolute atomic E-state index is 13.7. The summed E-state index contributed by atoms with van der Waals surface area (Å²) in [7, 11) is 2.95. The molecule has 0 radical (unpaired) electrons. The summed E-state index contributed by atoms with van der Waals surface area (Å²) in [5.74, 6) is 0.299. The number of pyridine rings is 1. The van der Waals surface area contributed by atoms with Gasteiger partial charge in [0.15, 0.2) is 11.5 Å². The lowest BCUT2D eigenvalue weighted by atomic mass is 9.92. The zero-order valence-corrected chi connectivity index (χ0v) is 21.4. The minimum absolute atomic E-state index is 0.0668. The molecular formula is C27H28ClFN2O6. The van der Waals surface area contributed by atoms with Crippen molar-refractivity contribution < 1.29 is 33.6 Å². The second-order valence-corrected chi connectivity index (χ2v) is 9.47. The third kappa shape index (κ3) is 5.95. The first kappa shape index (κ1) is 26.7. The van der Waals surface area contributed by atoms with E-state index in [9.17, 15) is 19.4 Å². The number of ether oxygens (including phenoxy) is 3. The molecule has 1 aromatic heterocycles. The van der Waals surface area contributed by atoms with Gasteiger partial charge in [-0.25, -0.2) is 9.37 Å². The van der Waals surface area contributed by atoms with Crippen molar-refractivity contribution >= 4 is 17.5 Å². The van der Waals surface area contributed by atoms with Crippen molar-refractivity contribution in [2.24, 2.45) is 0 Å². The maximum Gasteiger partial charge on any atom is 0.251 e. The molecule has 8 nitrogen and oxygen atoms in total. The number of amides is 1. The molecule has 1 aliphatic rings. The quantitative estimate of drug-likeness (QED) is 0.382. The molecular weight excluding hydrogens is 503 g/mol. The first-order valence-corrected chi connectivity index (χ1v) is 12.0. The van der Waals surface area contributed by atoms with Gasteiger partial charge >= 0.3 is 0 Å². The van der Waals surface area contributed by atoms with Crippen LogP contribution < -0.4 is 19.5 Å². The molecule has 0 aliphatic heterocycles. The lowest BCUT2D eigenvalue weighted by Gasteiger charge is -2.32. The summed E-state index contributed by atoms with van der Waals surface area (Å²) in [6.45, 7) is 1.38. The average Bonchev–Trinajstić information content (AvgIpc) is 2.87. The molecule has 0 spiro atoms. The van der Waals surface area contributed by atoms with E-state index in [-0.39, 0.29) is 29.5 Å². The summed E-state index contributed by atoms with van der Waals surface area (Å²) in [5, 5.41) is 23.3. The minimum atomic E-state index is -1.54. The number of benzene rings is 2. The molecule has 2 aromatic carbocycles. The number of nitrogens with zero attached hydrogens (tertiary/aromatic N) is 1. The number of carbonyl (C=O) groups is 1. The molecule has 1 amide bonds. The fraction of sp³-hybridized carbons (Fsp3) is 0.333. The molecule has 3 N–H and O–H groups in total. The Balaban J connectivity index is 1.49. The fourth-order valence-electron chi connectivity index (χ4n) is 3.93. The number of aliphatic hydroxyl groups is 2. The van der Waals surface area contributed by atoms with Crippen molar-refractivity contribution in [3.05, 3.63) is 70.6 Å². The van der Waals surface area contributed by atoms with Crippen LogP contribution in [0.4, 0.5) is 4.39 Å². The van der Waals surface area contributed by atoms with E-state index >= 15 is 0 Å². The van der Waals surface area contributed by atoms with E-state index in [0.29, 0.717) is 46.9 Å². The number of carbonyl (C=O) groups excluding carboxylic acids is 1. The van der Waals surface area contributed by atoms with Crippen molar-refractivity contribution in [2.75, 3.05) is 20.8 Å². The van der Waals surface area contributed by atoms with Crippen molar-refractivity contribution in [1.29, 1.82) is 0 Å². The summed E-state index contributed by atoms with van der Waals surface area (Å²) in [6.07, 6.45) is 0.663. The predicted octanol–water partition coefficient (Wildman–Crippen LogP) is 4.10. The monoisotopic (exact) mass is 530 g/mol. The standard InChI is InChI=1S/C27H28ClFN2O6/c1-27(34,24-9-8-22(35-2)25(31-24)15-4-6-20(29)19(28)10-15)14-30-26(33)16-5-7-21(23(11-16)36-3)37-18-12-17(32)13-18/h4-11,17-18,32,34H,12-14H2,1-3H3,(H,30,33). The van der Waals surface area contributed by atoms with Gasteiger partial charge in [-0.15, -0.1) is 0 Å². The lowest BCUT2D eigenvalue weighted by Crippen LogP contribution is -2.39. The Morgan fingerprint density at radius 1 is 1.11 bits per heavy atom. The topological polar surface area (TPSA) is 110 Å². The molecule has 196 valence electrons. The van der Waals surface area contributed by atoms with Gasteiger partial charge in [0.2, 0.25) is 0 Å². The first-order chi connectivity index (χ1) is 17.6. The van der Waals surface area contributed by atoms with Gasteiger partial charge in [0.05, 0.1) is 37.6 Å². The fourth-order valence-corrected chi connectivity index (χ4v) is 4.11. The van der Waals surface area contributed by atoms with Crippen molar-refractivity contribution in [3.63, 3.8) is 0 Å². The molecule has 37 heavy (non-hydrogen) atoms. The molecule has 4 rings (SSSR count). The molecule has 1 atom stereocenters. The second-order valence-electron chi connectivity index (χ2n) is 9.06. The lowest BCUT2D eigenvalue weighted by molar-refractivity contribution is -0.0118. The summed E-state index contributed by atoms with van der Waals surface area (Å²) < 4.78 is 30.2. The van der Waals surface area contributed by atoms with E-state index < -0.39 is 17.3 Å². The Bertz CT molecular complexity index is 1300. The number of hydrogen-bond donors (Lipinski definition) is 3. The van der Waals surface area contributed by atoms with Crippen LogP contribution in [0.5, 0.6) is 17.2 Å². The number of halogens is 2. The van der Waals surface area contributed by atoms with Gasteiger partial charge in [0, 0.05) is 24.0 Å². The van der Waals surface area contributed by atoms with Gasteiger partial charge in [-0.3, -0.25) is 4.79 Å².